The minimum Gasteiger partial charge on any atom is -0.323 e. The zero-order valence-electron chi connectivity index (χ0n) is 9.33. The Morgan fingerprint density at radius 1 is 1.47 bits per heavy atom. The van der Waals surface area contributed by atoms with Gasteiger partial charge in [-0.2, -0.15) is 11.8 Å². The number of pyridine rings is 1. The van der Waals surface area contributed by atoms with Crippen LogP contribution in [0, 0.1) is 5.82 Å². The topological polar surface area (TPSA) is 38.9 Å². The van der Waals surface area contributed by atoms with Gasteiger partial charge < -0.3 is 5.73 Å². The summed E-state index contributed by atoms with van der Waals surface area (Å²) < 4.78 is 13.1. The van der Waals surface area contributed by atoms with Crippen LogP contribution in [0.25, 0.3) is 0 Å². The van der Waals surface area contributed by atoms with Crippen LogP contribution >= 0.6 is 11.8 Å². The van der Waals surface area contributed by atoms with Crippen LogP contribution in [0.5, 0.6) is 0 Å². The summed E-state index contributed by atoms with van der Waals surface area (Å²) in [6, 6.07) is 1.29. The smallest absolute Gasteiger partial charge is 0.141 e. The molecule has 0 fully saturated rings. The van der Waals surface area contributed by atoms with Crippen LogP contribution in [0.3, 0.4) is 0 Å². The van der Waals surface area contributed by atoms with Crippen molar-refractivity contribution in [2.45, 2.75) is 31.6 Å². The lowest BCUT2D eigenvalue weighted by molar-refractivity contribution is 0.615. The minimum atomic E-state index is -0.330. The van der Waals surface area contributed by atoms with Gasteiger partial charge in [-0.05, 0) is 11.6 Å². The number of nitrogens with two attached hydrogens (primary N) is 1. The molecule has 0 aliphatic heterocycles. The second kappa shape index (κ2) is 4.94. The van der Waals surface area contributed by atoms with Crippen LogP contribution in [-0.2, 0) is 0 Å². The maximum absolute atomic E-state index is 12.9. The quantitative estimate of drug-likeness (QED) is 0.864. The van der Waals surface area contributed by atoms with E-state index >= 15 is 0 Å². The second-order valence-electron chi connectivity index (χ2n) is 4.47. The van der Waals surface area contributed by atoms with Crippen molar-refractivity contribution in [1.82, 2.24) is 4.98 Å². The third-order valence-electron chi connectivity index (χ3n) is 1.85. The number of thioether (sulfide) groups is 1. The van der Waals surface area contributed by atoms with E-state index in [2.05, 4.69) is 25.8 Å². The lowest BCUT2D eigenvalue weighted by Gasteiger charge is -2.20. The molecule has 0 radical (unpaired) electrons. The number of nitrogens with zero attached hydrogens (tertiary/aromatic N) is 1. The Balaban J connectivity index is 2.58. The van der Waals surface area contributed by atoms with Crippen LogP contribution in [0.15, 0.2) is 18.5 Å². The third-order valence-corrected chi connectivity index (χ3v) is 3.24. The van der Waals surface area contributed by atoms with E-state index in [1.54, 1.807) is 18.0 Å². The fraction of sp³-hybridized carbons (Fsp3) is 0.545. The second-order valence-corrected chi connectivity index (χ2v) is 6.31. The third kappa shape index (κ3) is 4.62. The summed E-state index contributed by atoms with van der Waals surface area (Å²) in [6.07, 6.45) is 2.81. The number of rotatable bonds is 3. The Kier molecular flexibility index (Phi) is 4.11. The minimum absolute atomic E-state index is 0.155. The highest BCUT2D eigenvalue weighted by molar-refractivity contribution is 8.00. The average Bonchev–Trinajstić information content (AvgIpc) is 2.13. The Morgan fingerprint density at radius 3 is 2.67 bits per heavy atom. The van der Waals surface area contributed by atoms with Gasteiger partial charge in [0.2, 0.25) is 0 Å². The van der Waals surface area contributed by atoms with Crippen molar-refractivity contribution in [3.63, 3.8) is 0 Å². The zero-order valence-corrected chi connectivity index (χ0v) is 10.1. The van der Waals surface area contributed by atoms with Gasteiger partial charge in [0.05, 0.1) is 6.20 Å². The Hall–Kier alpha value is -0.610. The van der Waals surface area contributed by atoms with Gasteiger partial charge in [-0.25, -0.2) is 4.39 Å². The molecule has 15 heavy (non-hydrogen) atoms. The molecular formula is C11H17FN2S. The molecule has 1 unspecified atom stereocenters. The SMILES string of the molecule is CC(C)(C)SCC(N)c1cncc(F)c1. The molecule has 1 atom stereocenters. The molecule has 0 aliphatic rings. The molecule has 84 valence electrons. The van der Waals surface area contributed by atoms with Crippen LogP contribution in [0.1, 0.15) is 32.4 Å². The van der Waals surface area contributed by atoms with E-state index in [1.807, 2.05) is 0 Å². The van der Waals surface area contributed by atoms with E-state index in [-0.39, 0.29) is 16.6 Å². The molecule has 2 nitrogen and oxygen atoms in total. The highest BCUT2D eigenvalue weighted by Crippen LogP contribution is 2.27. The van der Waals surface area contributed by atoms with Gasteiger partial charge in [0.1, 0.15) is 5.82 Å². The van der Waals surface area contributed by atoms with Gasteiger partial charge in [-0.15, -0.1) is 0 Å². The number of aromatic nitrogens is 1. The molecule has 0 aliphatic carbocycles. The number of hydrogen-bond donors (Lipinski definition) is 1. The predicted octanol–water partition coefficient (Wildman–Crippen LogP) is 2.75. The summed E-state index contributed by atoms with van der Waals surface area (Å²) >= 11 is 1.77. The average molecular weight is 228 g/mol. The molecule has 0 aromatic carbocycles. The molecule has 1 aromatic heterocycles. The molecule has 0 saturated carbocycles. The van der Waals surface area contributed by atoms with E-state index in [0.29, 0.717) is 0 Å². The van der Waals surface area contributed by atoms with E-state index in [1.165, 1.54) is 12.3 Å². The number of halogens is 1. The van der Waals surface area contributed by atoms with Crippen LogP contribution in [0.4, 0.5) is 4.39 Å². The predicted molar refractivity (Wildman–Crippen MR) is 63.3 cm³/mol. The number of hydrogen-bond acceptors (Lipinski definition) is 3. The van der Waals surface area contributed by atoms with E-state index in [9.17, 15) is 4.39 Å². The Bertz CT molecular complexity index is 323. The summed E-state index contributed by atoms with van der Waals surface area (Å²) in [7, 11) is 0. The first-order valence-corrected chi connectivity index (χ1v) is 5.87. The van der Waals surface area contributed by atoms with E-state index in [4.69, 9.17) is 5.73 Å². The standard InChI is InChI=1S/C11H17FN2S/c1-11(2,3)15-7-10(13)8-4-9(12)6-14-5-8/h4-6,10H,7,13H2,1-3H3. The van der Waals surface area contributed by atoms with Gasteiger partial charge in [-0.3, -0.25) is 4.98 Å². The highest BCUT2D eigenvalue weighted by atomic mass is 32.2. The molecule has 1 rings (SSSR count). The van der Waals surface area contributed by atoms with Crippen LogP contribution < -0.4 is 5.73 Å². The van der Waals surface area contributed by atoms with Crippen LogP contribution in [-0.4, -0.2) is 15.5 Å². The summed E-state index contributed by atoms with van der Waals surface area (Å²) in [6.45, 7) is 6.40. The maximum atomic E-state index is 12.9. The van der Waals surface area contributed by atoms with Crippen LogP contribution in [0.2, 0.25) is 0 Å². The molecular weight excluding hydrogens is 211 g/mol. The molecule has 0 saturated heterocycles. The Labute approximate surface area is 94.5 Å². The van der Waals surface area contributed by atoms with Gasteiger partial charge in [-0.1, -0.05) is 20.8 Å². The van der Waals surface area contributed by atoms with Gasteiger partial charge in [0.25, 0.3) is 0 Å². The van der Waals surface area contributed by atoms with Crippen molar-refractivity contribution in [2.24, 2.45) is 5.73 Å². The van der Waals surface area contributed by atoms with Crippen molar-refractivity contribution < 1.29 is 4.39 Å². The van der Waals surface area contributed by atoms with Gasteiger partial charge >= 0.3 is 0 Å². The zero-order chi connectivity index (χ0) is 11.5. The maximum Gasteiger partial charge on any atom is 0.141 e. The largest absolute Gasteiger partial charge is 0.323 e. The van der Waals surface area contributed by atoms with Crippen molar-refractivity contribution in [3.05, 3.63) is 29.8 Å². The van der Waals surface area contributed by atoms with E-state index < -0.39 is 0 Å². The van der Waals surface area contributed by atoms with Gasteiger partial charge in [0.15, 0.2) is 0 Å². The van der Waals surface area contributed by atoms with Crippen molar-refractivity contribution in [3.8, 4) is 0 Å². The normalized spacial score (nSPS) is 13.9. The summed E-state index contributed by atoms with van der Waals surface area (Å²) in [5.41, 5.74) is 6.70. The fourth-order valence-corrected chi connectivity index (χ4v) is 1.94. The van der Waals surface area contributed by atoms with Crippen molar-refractivity contribution >= 4 is 11.8 Å². The molecule has 2 N–H and O–H groups in total. The van der Waals surface area contributed by atoms with E-state index in [0.717, 1.165) is 11.3 Å². The first-order chi connectivity index (χ1) is 6.88. The molecule has 1 aromatic rings. The molecule has 0 bridgehead atoms. The fourth-order valence-electron chi connectivity index (χ4n) is 1.07. The Morgan fingerprint density at radius 2 is 2.13 bits per heavy atom. The van der Waals surface area contributed by atoms with Crippen molar-refractivity contribution in [2.75, 3.05) is 5.75 Å². The summed E-state index contributed by atoms with van der Waals surface area (Å²) in [4.78, 5) is 3.79. The summed E-state index contributed by atoms with van der Waals surface area (Å²) in [5, 5.41) is 0. The molecule has 0 spiro atoms. The first-order valence-electron chi connectivity index (χ1n) is 4.88. The molecule has 0 amide bonds. The lowest BCUT2D eigenvalue weighted by Crippen LogP contribution is -2.18. The summed E-state index contributed by atoms with van der Waals surface area (Å²) in [5.74, 6) is 0.443. The first kappa shape index (κ1) is 12.5. The lowest BCUT2D eigenvalue weighted by atomic mass is 10.1. The molecule has 4 heteroatoms. The monoisotopic (exact) mass is 228 g/mol. The van der Waals surface area contributed by atoms with Crippen molar-refractivity contribution in [1.29, 1.82) is 0 Å². The van der Waals surface area contributed by atoms with Gasteiger partial charge in [0, 0.05) is 22.7 Å². The molecule has 1 heterocycles. The highest BCUT2D eigenvalue weighted by Gasteiger charge is 2.14.